The number of likely N-dealkylation sites (N-methyl/N-ethyl adjacent to an activating group) is 1. The Hall–Kier alpha value is -2.83. The summed E-state index contributed by atoms with van der Waals surface area (Å²) in [7, 11) is 3.53. The first kappa shape index (κ1) is 15.7. The van der Waals surface area contributed by atoms with Gasteiger partial charge in [0, 0.05) is 37.8 Å². The predicted octanol–water partition coefficient (Wildman–Crippen LogP) is 1.63. The van der Waals surface area contributed by atoms with Crippen LogP contribution < -0.4 is 10.5 Å². The summed E-state index contributed by atoms with van der Waals surface area (Å²) in [6.45, 7) is 3.92. The van der Waals surface area contributed by atoms with Crippen molar-refractivity contribution >= 4 is 11.9 Å². The van der Waals surface area contributed by atoms with Crippen molar-refractivity contribution in [1.82, 2.24) is 14.7 Å². The van der Waals surface area contributed by atoms with Gasteiger partial charge >= 0.3 is 0 Å². The monoisotopic (exact) mass is 339 g/mol. The molecule has 1 aromatic carbocycles. The fraction of sp³-hybridized carbons (Fsp3) is 0.389. The third-order valence-corrected chi connectivity index (χ3v) is 4.84. The third kappa shape index (κ3) is 2.22. The molecule has 7 heteroatoms. The van der Waals surface area contributed by atoms with Gasteiger partial charge in [0.15, 0.2) is 11.5 Å². The van der Waals surface area contributed by atoms with Crippen molar-refractivity contribution < 1.29 is 9.53 Å². The molecule has 1 atom stereocenters. The topological polar surface area (TPSA) is 85.7 Å². The Labute approximate surface area is 146 Å². The normalized spacial score (nSPS) is 24.2. The van der Waals surface area contributed by atoms with E-state index in [1.165, 1.54) is 4.90 Å². The summed E-state index contributed by atoms with van der Waals surface area (Å²) in [5.41, 5.74) is 7.11. The number of carbonyl (C=O) groups is 1. The molecule has 1 aromatic heterocycles. The van der Waals surface area contributed by atoms with Crippen molar-refractivity contribution in [2.24, 2.45) is 17.8 Å². The summed E-state index contributed by atoms with van der Waals surface area (Å²) in [5.74, 6) is 0.787. The maximum atomic E-state index is 13.1. The van der Waals surface area contributed by atoms with Crippen LogP contribution in [-0.4, -0.2) is 39.2 Å². The first-order chi connectivity index (χ1) is 11.7. The highest BCUT2D eigenvalue weighted by Gasteiger charge is 2.55. The van der Waals surface area contributed by atoms with Crippen LogP contribution in [-0.2, 0) is 17.4 Å². The van der Waals surface area contributed by atoms with Crippen LogP contribution in [0, 0.1) is 0 Å². The summed E-state index contributed by atoms with van der Waals surface area (Å²) in [5, 5.41) is 4.22. The lowest BCUT2D eigenvalue weighted by Crippen LogP contribution is -2.49. The van der Waals surface area contributed by atoms with Gasteiger partial charge in [-0.2, -0.15) is 5.10 Å². The fourth-order valence-corrected chi connectivity index (χ4v) is 3.73. The molecule has 1 amide bonds. The second-order valence-corrected chi connectivity index (χ2v) is 7.35. The molecule has 0 saturated heterocycles. The molecule has 2 aliphatic heterocycles. The lowest BCUT2D eigenvalue weighted by Gasteiger charge is -2.41. The van der Waals surface area contributed by atoms with E-state index in [4.69, 9.17) is 10.5 Å². The SMILES string of the molecule is CN1C(=O)C2(CC(C)(C)Oc3ccc(-c4cnn(C)c4)cc32)N=C1N. The molecule has 1 unspecified atom stereocenters. The minimum Gasteiger partial charge on any atom is -0.487 e. The Kier molecular flexibility index (Phi) is 3.04. The molecule has 25 heavy (non-hydrogen) atoms. The molecule has 4 rings (SSSR count). The highest BCUT2D eigenvalue weighted by atomic mass is 16.5. The lowest BCUT2D eigenvalue weighted by molar-refractivity contribution is -0.133. The average Bonchev–Trinajstić information content (AvgIpc) is 3.05. The molecule has 130 valence electrons. The van der Waals surface area contributed by atoms with E-state index in [9.17, 15) is 4.79 Å². The number of carbonyl (C=O) groups excluding carboxylic acids is 1. The minimum absolute atomic E-state index is 0.119. The number of aryl methyl sites for hydroxylation is 1. The number of benzene rings is 1. The zero-order chi connectivity index (χ0) is 18.0. The second kappa shape index (κ2) is 4.84. The van der Waals surface area contributed by atoms with Gasteiger partial charge in [0.1, 0.15) is 11.4 Å². The number of aromatic nitrogens is 2. The Balaban J connectivity index is 1.93. The number of guanidine groups is 1. The first-order valence-corrected chi connectivity index (χ1v) is 8.18. The van der Waals surface area contributed by atoms with Gasteiger partial charge in [-0.05, 0) is 31.5 Å². The number of hydrogen-bond donors (Lipinski definition) is 1. The molecule has 2 N–H and O–H groups in total. The standard InChI is InChI=1S/C18H21N5O2/c1-17(2)10-18(15(24)23(4)16(19)21-18)13-7-11(5-6-14(13)25-17)12-8-20-22(3)9-12/h5-9H,10H2,1-4H3,(H2,19,21). The van der Waals surface area contributed by atoms with Gasteiger partial charge in [-0.3, -0.25) is 14.4 Å². The molecule has 0 bridgehead atoms. The van der Waals surface area contributed by atoms with Crippen LogP contribution in [0.15, 0.2) is 35.6 Å². The fourth-order valence-electron chi connectivity index (χ4n) is 3.73. The van der Waals surface area contributed by atoms with Crippen molar-refractivity contribution in [2.45, 2.75) is 31.4 Å². The number of aliphatic imine (C=N–C) groups is 1. The van der Waals surface area contributed by atoms with Crippen molar-refractivity contribution in [2.75, 3.05) is 7.05 Å². The molecule has 2 aromatic rings. The van der Waals surface area contributed by atoms with Crippen LogP contribution in [0.25, 0.3) is 11.1 Å². The number of nitrogens with zero attached hydrogens (tertiary/aromatic N) is 4. The van der Waals surface area contributed by atoms with Crippen LogP contribution >= 0.6 is 0 Å². The number of ether oxygens (including phenoxy) is 1. The van der Waals surface area contributed by atoms with E-state index in [2.05, 4.69) is 10.1 Å². The van der Waals surface area contributed by atoms with Gasteiger partial charge in [0.2, 0.25) is 0 Å². The van der Waals surface area contributed by atoms with Crippen molar-refractivity contribution in [3.63, 3.8) is 0 Å². The van der Waals surface area contributed by atoms with Crippen LogP contribution in [0.3, 0.4) is 0 Å². The minimum atomic E-state index is -1.03. The Morgan fingerprint density at radius 2 is 2.00 bits per heavy atom. The molecule has 0 fully saturated rings. The Morgan fingerprint density at radius 3 is 2.60 bits per heavy atom. The number of fused-ring (bicyclic) bond motifs is 2. The van der Waals surface area contributed by atoms with E-state index in [1.54, 1.807) is 17.9 Å². The largest absolute Gasteiger partial charge is 0.487 e. The summed E-state index contributed by atoms with van der Waals surface area (Å²) < 4.78 is 7.86. The zero-order valence-electron chi connectivity index (χ0n) is 14.8. The van der Waals surface area contributed by atoms with E-state index < -0.39 is 11.1 Å². The van der Waals surface area contributed by atoms with Crippen LogP contribution in [0.1, 0.15) is 25.8 Å². The Bertz CT molecular complexity index is 914. The highest BCUT2D eigenvalue weighted by molar-refractivity contribution is 6.07. The zero-order valence-corrected chi connectivity index (χ0v) is 14.8. The number of hydrogen-bond acceptors (Lipinski definition) is 5. The van der Waals surface area contributed by atoms with E-state index in [-0.39, 0.29) is 11.9 Å². The van der Waals surface area contributed by atoms with E-state index in [0.717, 1.165) is 16.7 Å². The molecular weight excluding hydrogens is 318 g/mol. The van der Waals surface area contributed by atoms with Crippen molar-refractivity contribution in [3.05, 3.63) is 36.2 Å². The molecule has 0 radical (unpaired) electrons. The van der Waals surface area contributed by atoms with Gasteiger partial charge in [-0.15, -0.1) is 0 Å². The Morgan fingerprint density at radius 1 is 1.24 bits per heavy atom. The summed E-state index contributed by atoms with van der Waals surface area (Å²) in [6.07, 6.45) is 4.16. The van der Waals surface area contributed by atoms with Crippen molar-refractivity contribution in [3.8, 4) is 16.9 Å². The smallest absolute Gasteiger partial charge is 0.261 e. The molecule has 3 heterocycles. The summed E-state index contributed by atoms with van der Waals surface area (Å²) in [6, 6.07) is 5.84. The van der Waals surface area contributed by atoms with E-state index >= 15 is 0 Å². The predicted molar refractivity (Wildman–Crippen MR) is 94.0 cm³/mol. The van der Waals surface area contributed by atoms with E-state index in [1.807, 2.05) is 45.3 Å². The molecular formula is C18H21N5O2. The molecule has 1 spiro atoms. The third-order valence-electron chi connectivity index (χ3n) is 4.84. The van der Waals surface area contributed by atoms with Gasteiger partial charge < -0.3 is 10.5 Å². The quantitative estimate of drug-likeness (QED) is 0.856. The molecule has 7 nitrogen and oxygen atoms in total. The highest BCUT2D eigenvalue weighted by Crippen LogP contribution is 2.49. The van der Waals surface area contributed by atoms with Crippen molar-refractivity contribution in [1.29, 1.82) is 0 Å². The van der Waals surface area contributed by atoms with E-state index in [0.29, 0.717) is 12.2 Å². The average molecular weight is 339 g/mol. The number of nitrogens with two attached hydrogens (primary N) is 1. The lowest BCUT2D eigenvalue weighted by atomic mass is 9.77. The second-order valence-electron chi connectivity index (χ2n) is 7.35. The number of rotatable bonds is 1. The number of amides is 1. The van der Waals surface area contributed by atoms with Gasteiger partial charge in [-0.25, -0.2) is 4.99 Å². The molecule has 2 aliphatic rings. The van der Waals surface area contributed by atoms with Gasteiger partial charge in [-0.1, -0.05) is 6.07 Å². The van der Waals surface area contributed by atoms with Crippen LogP contribution in [0.4, 0.5) is 0 Å². The molecule has 0 aliphatic carbocycles. The maximum absolute atomic E-state index is 13.1. The van der Waals surface area contributed by atoms with Gasteiger partial charge in [0.05, 0.1) is 6.20 Å². The van der Waals surface area contributed by atoms with Gasteiger partial charge in [0.25, 0.3) is 5.91 Å². The van der Waals surface area contributed by atoms with Crippen LogP contribution in [0.2, 0.25) is 0 Å². The van der Waals surface area contributed by atoms with Crippen LogP contribution in [0.5, 0.6) is 5.75 Å². The molecule has 0 saturated carbocycles. The summed E-state index contributed by atoms with van der Waals surface area (Å²) in [4.78, 5) is 19.1. The first-order valence-electron chi connectivity index (χ1n) is 8.18. The summed E-state index contributed by atoms with van der Waals surface area (Å²) >= 11 is 0. The maximum Gasteiger partial charge on any atom is 0.261 e.